The molecule has 30 heavy (non-hydrogen) atoms. The van der Waals surface area contributed by atoms with E-state index in [0.717, 1.165) is 0 Å². The van der Waals surface area contributed by atoms with E-state index in [1.165, 1.54) is 11.8 Å². The van der Waals surface area contributed by atoms with Gasteiger partial charge in [-0.15, -0.1) is 10.2 Å². The number of methoxy groups -OCH3 is 1. The number of hydrogen-bond acceptors (Lipinski definition) is 6. The summed E-state index contributed by atoms with van der Waals surface area (Å²) in [7, 11) is 1.58. The quantitative estimate of drug-likeness (QED) is 0.450. The molecule has 1 amide bonds. The van der Waals surface area contributed by atoms with Gasteiger partial charge in [0.1, 0.15) is 18.1 Å². The zero-order valence-corrected chi connectivity index (χ0v) is 18.7. The average Bonchev–Trinajstić information content (AvgIpc) is 3.14. The minimum atomic E-state index is -0.151. The number of halogens is 2. The molecule has 0 bridgehead atoms. The van der Waals surface area contributed by atoms with Crippen molar-refractivity contribution >= 4 is 46.6 Å². The Morgan fingerprint density at radius 3 is 2.80 bits per heavy atom. The number of anilines is 1. The lowest BCUT2D eigenvalue weighted by atomic mass is 10.3. The van der Waals surface area contributed by atoms with Crippen molar-refractivity contribution in [2.75, 3.05) is 18.2 Å². The van der Waals surface area contributed by atoms with E-state index >= 15 is 0 Å². The van der Waals surface area contributed by atoms with E-state index in [1.807, 2.05) is 23.6 Å². The van der Waals surface area contributed by atoms with Crippen molar-refractivity contribution < 1.29 is 14.3 Å². The molecule has 0 saturated heterocycles. The molecule has 158 valence electrons. The number of benzene rings is 2. The van der Waals surface area contributed by atoms with Crippen LogP contribution in [-0.4, -0.2) is 33.5 Å². The Labute approximate surface area is 188 Å². The zero-order valence-electron chi connectivity index (χ0n) is 16.4. The number of rotatable bonds is 9. The summed E-state index contributed by atoms with van der Waals surface area (Å²) in [6.07, 6.45) is 0. The van der Waals surface area contributed by atoms with Crippen molar-refractivity contribution in [3.8, 4) is 11.5 Å². The summed E-state index contributed by atoms with van der Waals surface area (Å²) in [4.78, 5) is 12.3. The highest BCUT2D eigenvalue weighted by Gasteiger charge is 2.15. The molecule has 0 fully saturated rings. The zero-order chi connectivity index (χ0) is 21.5. The minimum absolute atomic E-state index is 0.151. The molecule has 0 aliphatic carbocycles. The van der Waals surface area contributed by atoms with Gasteiger partial charge in [0.25, 0.3) is 0 Å². The largest absolute Gasteiger partial charge is 0.497 e. The number of aromatic nitrogens is 3. The first-order chi connectivity index (χ1) is 14.5. The number of hydrogen-bond donors (Lipinski definition) is 1. The van der Waals surface area contributed by atoms with Crippen LogP contribution < -0.4 is 14.8 Å². The molecule has 0 saturated carbocycles. The van der Waals surface area contributed by atoms with Gasteiger partial charge in [0, 0.05) is 29.4 Å². The topological polar surface area (TPSA) is 78.3 Å². The first-order valence-electron chi connectivity index (χ1n) is 9.06. The Bertz CT molecular complexity index is 1030. The van der Waals surface area contributed by atoms with Gasteiger partial charge in [-0.05, 0) is 31.2 Å². The number of amides is 1. The number of nitrogens with one attached hydrogen (secondary N) is 1. The number of carbonyl (C=O) groups is 1. The van der Waals surface area contributed by atoms with Gasteiger partial charge in [0.2, 0.25) is 5.91 Å². The van der Waals surface area contributed by atoms with Crippen LogP contribution in [0.25, 0.3) is 0 Å². The fourth-order valence-corrected chi connectivity index (χ4v) is 3.76. The monoisotopic (exact) mass is 466 g/mol. The van der Waals surface area contributed by atoms with Crippen molar-refractivity contribution in [3.05, 3.63) is 58.3 Å². The van der Waals surface area contributed by atoms with Gasteiger partial charge in [-0.2, -0.15) is 0 Å². The first kappa shape index (κ1) is 22.3. The maximum atomic E-state index is 12.3. The van der Waals surface area contributed by atoms with Crippen LogP contribution in [-0.2, 0) is 17.9 Å². The molecule has 0 aliphatic rings. The molecule has 1 aromatic heterocycles. The Morgan fingerprint density at radius 2 is 2.03 bits per heavy atom. The summed E-state index contributed by atoms with van der Waals surface area (Å²) in [6.45, 7) is 2.78. The van der Waals surface area contributed by atoms with Gasteiger partial charge in [-0.3, -0.25) is 4.79 Å². The Hall–Kier alpha value is -2.42. The molecule has 0 radical (unpaired) electrons. The van der Waals surface area contributed by atoms with Crippen LogP contribution in [0.4, 0.5) is 5.69 Å². The summed E-state index contributed by atoms with van der Waals surface area (Å²) in [5.74, 6) is 1.82. The number of carbonyl (C=O) groups excluding carboxylic acids is 1. The van der Waals surface area contributed by atoms with Crippen LogP contribution in [0.3, 0.4) is 0 Å². The molecule has 3 aromatic rings. The van der Waals surface area contributed by atoms with Crippen molar-refractivity contribution in [2.24, 2.45) is 0 Å². The van der Waals surface area contributed by atoms with E-state index in [-0.39, 0.29) is 18.3 Å². The molecule has 0 aliphatic heterocycles. The standard InChI is InChI=1S/C20H20Cl2N4O3S/c1-3-26-18(11-29-17-9-13(21)7-8-16(17)22)24-25-20(26)30-12-19(27)23-14-5-4-6-15(10-14)28-2/h4-10H,3,11-12H2,1-2H3,(H,23,27). The van der Waals surface area contributed by atoms with E-state index in [1.54, 1.807) is 37.4 Å². The van der Waals surface area contributed by atoms with Gasteiger partial charge in [-0.1, -0.05) is 41.0 Å². The molecular weight excluding hydrogens is 447 g/mol. The Kier molecular flexibility index (Phi) is 7.84. The third kappa shape index (κ3) is 5.81. The summed E-state index contributed by atoms with van der Waals surface area (Å²) in [6, 6.07) is 12.2. The molecule has 10 heteroatoms. The van der Waals surface area contributed by atoms with Crippen molar-refractivity contribution in [2.45, 2.75) is 25.2 Å². The fourth-order valence-electron chi connectivity index (χ4n) is 2.61. The van der Waals surface area contributed by atoms with Crippen LogP contribution >= 0.6 is 35.0 Å². The average molecular weight is 467 g/mol. The van der Waals surface area contributed by atoms with E-state index in [9.17, 15) is 4.79 Å². The summed E-state index contributed by atoms with van der Waals surface area (Å²) < 4.78 is 12.8. The van der Waals surface area contributed by atoms with Crippen molar-refractivity contribution in [3.63, 3.8) is 0 Å². The predicted molar refractivity (Wildman–Crippen MR) is 119 cm³/mol. The van der Waals surface area contributed by atoms with Gasteiger partial charge in [0.15, 0.2) is 11.0 Å². The maximum Gasteiger partial charge on any atom is 0.234 e. The molecule has 7 nitrogen and oxygen atoms in total. The second-order valence-electron chi connectivity index (χ2n) is 6.08. The molecule has 1 heterocycles. The molecule has 3 rings (SSSR count). The molecule has 1 N–H and O–H groups in total. The predicted octanol–water partition coefficient (Wildman–Crippen LogP) is 4.92. The highest BCUT2D eigenvalue weighted by molar-refractivity contribution is 7.99. The summed E-state index contributed by atoms with van der Waals surface area (Å²) in [5, 5.41) is 12.8. The lowest BCUT2D eigenvalue weighted by Crippen LogP contribution is -2.15. The number of nitrogens with zero attached hydrogens (tertiary/aromatic N) is 3. The van der Waals surface area contributed by atoms with Crippen molar-refractivity contribution in [1.29, 1.82) is 0 Å². The van der Waals surface area contributed by atoms with E-state index in [0.29, 0.717) is 44.8 Å². The second-order valence-corrected chi connectivity index (χ2v) is 7.86. The number of thioether (sulfide) groups is 1. The third-order valence-electron chi connectivity index (χ3n) is 4.05. The molecule has 2 aromatic carbocycles. The van der Waals surface area contributed by atoms with Crippen molar-refractivity contribution in [1.82, 2.24) is 14.8 Å². The smallest absolute Gasteiger partial charge is 0.234 e. The molecule has 0 atom stereocenters. The van der Waals surface area contributed by atoms with Crippen LogP contribution in [0.15, 0.2) is 47.6 Å². The van der Waals surface area contributed by atoms with Gasteiger partial charge >= 0.3 is 0 Å². The fraction of sp³-hybridized carbons (Fsp3) is 0.250. The lowest BCUT2D eigenvalue weighted by Gasteiger charge is -2.10. The molecule has 0 spiro atoms. The van der Waals surface area contributed by atoms with Crippen LogP contribution in [0.2, 0.25) is 10.0 Å². The van der Waals surface area contributed by atoms with E-state index in [2.05, 4.69) is 15.5 Å². The van der Waals surface area contributed by atoms with Gasteiger partial charge in [0.05, 0.1) is 17.9 Å². The normalized spacial score (nSPS) is 10.7. The second kappa shape index (κ2) is 10.6. The summed E-state index contributed by atoms with van der Waals surface area (Å²) in [5.41, 5.74) is 0.671. The number of ether oxygens (including phenoxy) is 2. The Morgan fingerprint density at radius 1 is 1.20 bits per heavy atom. The van der Waals surface area contributed by atoms with Crippen LogP contribution in [0.1, 0.15) is 12.7 Å². The van der Waals surface area contributed by atoms with E-state index in [4.69, 9.17) is 32.7 Å². The van der Waals surface area contributed by atoms with Crippen LogP contribution in [0, 0.1) is 0 Å². The van der Waals surface area contributed by atoms with Gasteiger partial charge < -0.3 is 19.4 Å². The van der Waals surface area contributed by atoms with E-state index < -0.39 is 0 Å². The minimum Gasteiger partial charge on any atom is -0.497 e. The highest BCUT2D eigenvalue weighted by Crippen LogP contribution is 2.28. The SMILES string of the molecule is CCn1c(COc2cc(Cl)ccc2Cl)nnc1SCC(=O)Nc1cccc(OC)c1. The third-order valence-corrected chi connectivity index (χ3v) is 5.56. The maximum absolute atomic E-state index is 12.3. The van der Waals surface area contributed by atoms with Gasteiger partial charge in [-0.25, -0.2) is 0 Å². The van der Waals surface area contributed by atoms with Crippen LogP contribution in [0.5, 0.6) is 11.5 Å². The molecule has 0 unspecified atom stereocenters. The molecular formula is C20H20Cl2N4O3S. The lowest BCUT2D eigenvalue weighted by molar-refractivity contribution is -0.113. The Balaban J connectivity index is 1.59. The summed E-state index contributed by atoms with van der Waals surface area (Å²) >= 11 is 13.4. The first-order valence-corrected chi connectivity index (χ1v) is 10.8. The highest BCUT2D eigenvalue weighted by atomic mass is 35.5.